The number of hydrogen-bond acceptors (Lipinski definition) is 5. The molecule has 0 aliphatic carbocycles. The first-order chi connectivity index (χ1) is 12.9. The molecule has 2 aromatic heterocycles. The number of rotatable bonds is 6. The summed E-state index contributed by atoms with van der Waals surface area (Å²) in [5.74, 6) is 0.573. The lowest BCUT2D eigenvalue weighted by molar-refractivity contribution is -0.123. The van der Waals surface area contributed by atoms with Crippen molar-refractivity contribution in [3.05, 3.63) is 58.3 Å². The van der Waals surface area contributed by atoms with Crippen molar-refractivity contribution in [1.82, 2.24) is 10.3 Å². The molecule has 140 valence electrons. The molecule has 27 heavy (non-hydrogen) atoms. The van der Waals surface area contributed by atoms with Crippen LogP contribution in [0, 0.1) is 20.8 Å². The Morgan fingerprint density at radius 2 is 1.81 bits per heavy atom. The molecule has 1 aromatic carbocycles. The van der Waals surface area contributed by atoms with Crippen LogP contribution in [0.15, 0.2) is 40.1 Å². The van der Waals surface area contributed by atoms with Gasteiger partial charge in [0.05, 0.1) is 23.5 Å². The Labute approximate surface area is 161 Å². The summed E-state index contributed by atoms with van der Waals surface area (Å²) in [6.07, 6.45) is 0.0668. The van der Waals surface area contributed by atoms with Gasteiger partial charge in [-0.25, -0.2) is 4.98 Å². The highest BCUT2D eigenvalue weighted by molar-refractivity contribution is 7.13. The number of nitrogens with zero attached hydrogens (tertiary/aromatic N) is 1. The fraction of sp³-hybridized carbons (Fsp3) is 0.250. The van der Waals surface area contributed by atoms with E-state index < -0.39 is 0 Å². The molecule has 0 fully saturated rings. The largest absolute Gasteiger partial charge is 0.440 e. The number of carbonyl (C=O) groups is 2. The van der Waals surface area contributed by atoms with Gasteiger partial charge < -0.3 is 15.1 Å². The second-order valence-corrected chi connectivity index (χ2v) is 7.22. The molecule has 2 heterocycles. The molecule has 6 nitrogen and oxygen atoms in total. The van der Waals surface area contributed by atoms with Crippen molar-refractivity contribution in [2.75, 3.05) is 11.9 Å². The molecule has 0 saturated carbocycles. The highest BCUT2D eigenvalue weighted by Crippen LogP contribution is 2.26. The van der Waals surface area contributed by atoms with Crippen LogP contribution in [0.2, 0.25) is 0 Å². The lowest BCUT2D eigenvalue weighted by Gasteiger charge is -2.11. The van der Waals surface area contributed by atoms with Crippen LogP contribution in [0.25, 0.3) is 10.8 Å². The summed E-state index contributed by atoms with van der Waals surface area (Å²) in [6.45, 7) is 5.54. The van der Waals surface area contributed by atoms with E-state index in [2.05, 4.69) is 15.6 Å². The molecular weight excluding hydrogens is 362 g/mol. The molecule has 0 aliphatic heterocycles. The van der Waals surface area contributed by atoms with Crippen LogP contribution >= 0.6 is 11.3 Å². The van der Waals surface area contributed by atoms with Gasteiger partial charge in [0, 0.05) is 5.69 Å². The molecular formula is C20H21N3O3S. The van der Waals surface area contributed by atoms with Gasteiger partial charge in [0.1, 0.15) is 5.76 Å². The number of hydrogen-bond donors (Lipinski definition) is 2. The van der Waals surface area contributed by atoms with Crippen molar-refractivity contribution >= 4 is 28.8 Å². The molecule has 7 heteroatoms. The van der Waals surface area contributed by atoms with Crippen molar-refractivity contribution in [1.29, 1.82) is 0 Å². The van der Waals surface area contributed by atoms with Gasteiger partial charge in [-0.15, -0.1) is 11.3 Å². The Balaban J connectivity index is 1.55. The van der Waals surface area contributed by atoms with Crippen LogP contribution < -0.4 is 10.6 Å². The monoisotopic (exact) mass is 383 g/mol. The molecule has 2 amide bonds. The maximum Gasteiger partial charge on any atom is 0.243 e. The Morgan fingerprint density at radius 1 is 1.07 bits per heavy atom. The number of thiophene rings is 1. The zero-order chi connectivity index (χ0) is 19.4. The Bertz CT molecular complexity index is 941. The predicted octanol–water partition coefficient (Wildman–Crippen LogP) is 3.63. The van der Waals surface area contributed by atoms with Crippen LogP contribution in [0.1, 0.15) is 22.6 Å². The maximum absolute atomic E-state index is 12.2. The molecule has 3 aromatic rings. The van der Waals surface area contributed by atoms with E-state index in [0.29, 0.717) is 17.3 Å². The fourth-order valence-corrected chi connectivity index (χ4v) is 3.34. The van der Waals surface area contributed by atoms with Gasteiger partial charge in [-0.1, -0.05) is 24.3 Å². The van der Waals surface area contributed by atoms with Gasteiger partial charge in [-0.05, 0) is 43.3 Å². The number of oxazole rings is 1. The summed E-state index contributed by atoms with van der Waals surface area (Å²) in [6, 6.07) is 9.63. The van der Waals surface area contributed by atoms with Crippen LogP contribution in [0.4, 0.5) is 5.69 Å². The molecule has 0 atom stereocenters. The van der Waals surface area contributed by atoms with Crippen molar-refractivity contribution in [2.24, 2.45) is 0 Å². The van der Waals surface area contributed by atoms with Gasteiger partial charge in [0.25, 0.3) is 0 Å². The summed E-state index contributed by atoms with van der Waals surface area (Å²) in [5, 5.41) is 7.42. The first kappa shape index (κ1) is 18.8. The summed E-state index contributed by atoms with van der Waals surface area (Å²) in [7, 11) is 0. The summed E-state index contributed by atoms with van der Waals surface area (Å²) < 4.78 is 5.63. The lowest BCUT2D eigenvalue weighted by atomic mass is 10.1. The minimum Gasteiger partial charge on any atom is -0.440 e. The molecule has 0 radical (unpaired) electrons. The Morgan fingerprint density at radius 3 is 2.48 bits per heavy atom. The van der Waals surface area contributed by atoms with Crippen molar-refractivity contribution in [3.63, 3.8) is 0 Å². The van der Waals surface area contributed by atoms with Crippen molar-refractivity contribution in [3.8, 4) is 10.8 Å². The van der Waals surface area contributed by atoms with E-state index in [-0.39, 0.29) is 24.8 Å². The van der Waals surface area contributed by atoms with Gasteiger partial charge in [0.15, 0.2) is 0 Å². The molecule has 0 unspecified atom stereocenters. The first-order valence-electron chi connectivity index (χ1n) is 8.57. The molecule has 0 spiro atoms. The van der Waals surface area contributed by atoms with Crippen LogP contribution in [-0.4, -0.2) is 23.3 Å². The summed E-state index contributed by atoms with van der Waals surface area (Å²) in [4.78, 5) is 29.6. The van der Waals surface area contributed by atoms with Gasteiger partial charge >= 0.3 is 0 Å². The summed E-state index contributed by atoms with van der Waals surface area (Å²) in [5.41, 5.74) is 3.32. The van der Waals surface area contributed by atoms with Crippen LogP contribution in [-0.2, 0) is 16.0 Å². The average Bonchev–Trinajstić information content (AvgIpc) is 3.27. The maximum atomic E-state index is 12.2. The lowest BCUT2D eigenvalue weighted by Crippen LogP contribution is -2.34. The SMILES string of the molecule is Cc1cccc(C)c1NC(=O)CNC(=O)Cc1nc(-c2cccs2)oc1C. The third kappa shape index (κ3) is 4.62. The number of aryl methyl sites for hydroxylation is 3. The normalized spacial score (nSPS) is 10.6. The third-order valence-corrected chi connectivity index (χ3v) is 5.00. The zero-order valence-corrected chi connectivity index (χ0v) is 16.3. The van der Waals surface area contributed by atoms with Gasteiger partial charge in [0.2, 0.25) is 17.7 Å². The van der Waals surface area contributed by atoms with Gasteiger partial charge in [-0.2, -0.15) is 0 Å². The number of aromatic nitrogens is 1. The number of carbonyl (C=O) groups excluding carboxylic acids is 2. The number of benzene rings is 1. The Hall–Kier alpha value is -2.93. The Kier molecular flexibility index (Phi) is 5.71. The number of amides is 2. The van der Waals surface area contributed by atoms with Crippen molar-refractivity contribution in [2.45, 2.75) is 27.2 Å². The zero-order valence-electron chi connectivity index (χ0n) is 15.5. The minimum atomic E-state index is -0.277. The minimum absolute atomic E-state index is 0.0668. The summed E-state index contributed by atoms with van der Waals surface area (Å²) >= 11 is 1.52. The topological polar surface area (TPSA) is 84.2 Å². The van der Waals surface area contributed by atoms with E-state index >= 15 is 0 Å². The average molecular weight is 383 g/mol. The number of para-hydroxylation sites is 1. The van der Waals surface area contributed by atoms with Gasteiger partial charge in [-0.3, -0.25) is 9.59 Å². The van der Waals surface area contributed by atoms with E-state index in [9.17, 15) is 9.59 Å². The van der Waals surface area contributed by atoms with E-state index in [0.717, 1.165) is 21.7 Å². The van der Waals surface area contributed by atoms with E-state index in [1.165, 1.54) is 11.3 Å². The number of anilines is 1. The second-order valence-electron chi connectivity index (χ2n) is 6.27. The van der Waals surface area contributed by atoms with Crippen LogP contribution in [0.3, 0.4) is 0 Å². The van der Waals surface area contributed by atoms with Crippen LogP contribution in [0.5, 0.6) is 0 Å². The highest BCUT2D eigenvalue weighted by atomic mass is 32.1. The third-order valence-electron chi connectivity index (χ3n) is 4.14. The predicted molar refractivity (Wildman–Crippen MR) is 106 cm³/mol. The molecule has 0 saturated heterocycles. The molecule has 2 N–H and O–H groups in total. The fourth-order valence-electron chi connectivity index (χ4n) is 2.69. The molecule has 0 aliphatic rings. The van der Waals surface area contributed by atoms with E-state index in [1.54, 1.807) is 6.92 Å². The number of nitrogens with one attached hydrogen (secondary N) is 2. The van der Waals surface area contributed by atoms with E-state index in [1.807, 2.05) is 49.6 Å². The quantitative estimate of drug-likeness (QED) is 0.681. The van der Waals surface area contributed by atoms with Crippen molar-refractivity contribution < 1.29 is 14.0 Å². The second kappa shape index (κ2) is 8.18. The molecule has 3 rings (SSSR count). The highest BCUT2D eigenvalue weighted by Gasteiger charge is 2.16. The smallest absolute Gasteiger partial charge is 0.243 e. The molecule has 0 bridgehead atoms. The first-order valence-corrected chi connectivity index (χ1v) is 9.45. The standard InChI is InChI=1S/C20H21N3O3S/c1-12-6-4-7-13(2)19(12)23-18(25)11-21-17(24)10-15-14(3)26-20(22-15)16-8-5-9-27-16/h4-9H,10-11H2,1-3H3,(H,21,24)(H,23,25). The van der Waals surface area contributed by atoms with E-state index in [4.69, 9.17) is 4.42 Å².